The average molecular weight is 383 g/mol. The number of halogens is 1. The van der Waals surface area contributed by atoms with E-state index in [2.05, 4.69) is 39.0 Å². The Kier molecular flexibility index (Phi) is 3.52. The molecule has 9 heteroatoms. The van der Waals surface area contributed by atoms with E-state index < -0.39 is 5.54 Å². The van der Waals surface area contributed by atoms with E-state index >= 15 is 0 Å². The summed E-state index contributed by atoms with van der Waals surface area (Å²) in [5, 5.41) is 5.20. The predicted molar refractivity (Wildman–Crippen MR) is 103 cm³/mol. The maximum absolute atomic E-state index is 6.53. The summed E-state index contributed by atoms with van der Waals surface area (Å²) in [4.78, 5) is 15.3. The van der Waals surface area contributed by atoms with E-state index in [0.717, 1.165) is 29.5 Å². The number of nitrogens with two attached hydrogens (primary N) is 1. The molecule has 1 fully saturated rings. The van der Waals surface area contributed by atoms with Crippen molar-refractivity contribution in [1.29, 1.82) is 0 Å². The first-order chi connectivity index (χ1) is 12.9. The minimum Gasteiger partial charge on any atom is -0.319 e. The van der Waals surface area contributed by atoms with Crippen molar-refractivity contribution in [2.75, 3.05) is 14.1 Å². The lowest BCUT2D eigenvalue weighted by Crippen LogP contribution is -2.57. The van der Waals surface area contributed by atoms with Gasteiger partial charge in [0.1, 0.15) is 5.15 Å². The topological polar surface area (TPSA) is 89.6 Å². The van der Waals surface area contributed by atoms with Crippen LogP contribution in [0.2, 0.25) is 5.15 Å². The molecule has 1 saturated carbocycles. The summed E-state index contributed by atoms with van der Waals surface area (Å²) >= 11 is 6.16. The number of nitrogens with zero attached hydrogens (tertiary/aromatic N) is 7. The molecule has 4 heterocycles. The second kappa shape index (κ2) is 5.72. The molecule has 4 aromatic rings. The maximum Gasteiger partial charge on any atom is 0.234 e. The van der Waals surface area contributed by atoms with Crippen molar-refractivity contribution in [3.8, 4) is 11.1 Å². The van der Waals surface area contributed by atoms with E-state index in [4.69, 9.17) is 17.3 Å². The van der Waals surface area contributed by atoms with Gasteiger partial charge in [-0.1, -0.05) is 11.6 Å². The standard InChI is InChI=1S/C18H19ClN8/c1-25(2)12-5-18(20,6-12)16-21-8-14-13(3-4-27(14)24-16)11-7-22-17-23-9-15(19)26(17)10-11/h3-4,7-10,12H,5-6,20H2,1-2H3. The van der Waals surface area contributed by atoms with Gasteiger partial charge < -0.3 is 10.6 Å². The summed E-state index contributed by atoms with van der Waals surface area (Å²) in [6.07, 6.45) is 10.7. The fourth-order valence-corrected chi connectivity index (χ4v) is 3.86. The van der Waals surface area contributed by atoms with Crippen LogP contribution < -0.4 is 5.73 Å². The van der Waals surface area contributed by atoms with Crippen molar-refractivity contribution >= 4 is 22.9 Å². The highest BCUT2D eigenvalue weighted by Gasteiger charge is 2.45. The molecule has 1 aliphatic rings. The molecule has 0 unspecified atom stereocenters. The third kappa shape index (κ3) is 2.52. The Labute approximate surface area is 160 Å². The van der Waals surface area contributed by atoms with Gasteiger partial charge in [-0.15, -0.1) is 0 Å². The zero-order chi connectivity index (χ0) is 18.8. The van der Waals surface area contributed by atoms with Gasteiger partial charge in [-0.25, -0.2) is 19.5 Å². The van der Waals surface area contributed by atoms with E-state index in [1.54, 1.807) is 16.8 Å². The van der Waals surface area contributed by atoms with E-state index in [1.807, 2.05) is 29.2 Å². The smallest absolute Gasteiger partial charge is 0.234 e. The van der Waals surface area contributed by atoms with Crippen LogP contribution in [0.3, 0.4) is 0 Å². The number of hydrogen-bond donors (Lipinski definition) is 1. The Hall–Kier alpha value is -2.55. The first-order valence-corrected chi connectivity index (χ1v) is 9.11. The fraction of sp³-hybridized carbons (Fsp3) is 0.333. The van der Waals surface area contributed by atoms with Gasteiger partial charge in [0, 0.05) is 35.8 Å². The van der Waals surface area contributed by atoms with Crippen LogP contribution in [0.1, 0.15) is 18.7 Å². The number of imidazole rings is 1. The van der Waals surface area contributed by atoms with E-state index in [0.29, 0.717) is 22.8 Å². The van der Waals surface area contributed by atoms with Crippen molar-refractivity contribution in [2.45, 2.75) is 24.4 Å². The lowest BCUT2D eigenvalue weighted by atomic mass is 9.72. The second-order valence-corrected chi connectivity index (χ2v) is 7.80. The Balaban J connectivity index is 1.53. The van der Waals surface area contributed by atoms with Gasteiger partial charge >= 0.3 is 0 Å². The summed E-state index contributed by atoms with van der Waals surface area (Å²) in [7, 11) is 4.15. The lowest BCUT2D eigenvalue weighted by molar-refractivity contribution is 0.0865. The van der Waals surface area contributed by atoms with Crippen molar-refractivity contribution < 1.29 is 0 Å². The molecular weight excluding hydrogens is 364 g/mol. The Morgan fingerprint density at radius 3 is 2.74 bits per heavy atom. The Morgan fingerprint density at radius 2 is 1.96 bits per heavy atom. The molecule has 2 N–H and O–H groups in total. The monoisotopic (exact) mass is 382 g/mol. The van der Waals surface area contributed by atoms with Gasteiger partial charge in [-0.3, -0.25) is 4.40 Å². The molecule has 138 valence electrons. The van der Waals surface area contributed by atoms with E-state index in [1.165, 1.54) is 0 Å². The van der Waals surface area contributed by atoms with Crippen molar-refractivity contribution in [3.05, 3.63) is 48.0 Å². The first-order valence-electron chi connectivity index (χ1n) is 8.74. The molecule has 0 radical (unpaired) electrons. The largest absolute Gasteiger partial charge is 0.319 e. The van der Waals surface area contributed by atoms with Crippen LogP contribution in [0.4, 0.5) is 0 Å². The van der Waals surface area contributed by atoms with Crippen LogP contribution in [0.5, 0.6) is 0 Å². The molecule has 27 heavy (non-hydrogen) atoms. The fourth-order valence-electron chi connectivity index (χ4n) is 3.69. The van der Waals surface area contributed by atoms with Crippen LogP contribution >= 0.6 is 11.6 Å². The van der Waals surface area contributed by atoms with E-state index in [9.17, 15) is 0 Å². The summed E-state index contributed by atoms with van der Waals surface area (Å²) in [5.41, 5.74) is 8.86. The van der Waals surface area contributed by atoms with Crippen LogP contribution in [-0.4, -0.2) is 54.0 Å². The van der Waals surface area contributed by atoms with Crippen molar-refractivity contribution in [3.63, 3.8) is 0 Å². The highest BCUT2D eigenvalue weighted by Crippen LogP contribution is 2.39. The van der Waals surface area contributed by atoms with Gasteiger partial charge in [0.25, 0.3) is 0 Å². The average Bonchev–Trinajstić information content (AvgIpc) is 3.22. The van der Waals surface area contributed by atoms with Crippen molar-refractivity contribution in [2.24, 2.45) is 5.73 Å². The van der Waals surface area contributed by atoms with Gasteiger partial charge in [0.15, 0.2) is 5.82 Å². The zero-order valence-electron chi connectivity index (χ0n) is 15.0. The first kappa shape index (κ1) is 16.6. The molecule has 4 aromatic heterocycles. The summed E-state index contributed by atoms with van der Waals surface area (Å²) in [6, 6.07) is 2.47. The Morgan fingerprint density at radius 1 is 1.19 bits per heavy atom. The normalized spacial score (nSPS) is 22.6. The molecule has 0 amide bonds. The summed E-state index contributed by atoms with van der Waals surface area (Å²) in [6.45, 7) is 0. The molecule has 5 rings (SSSR count). The minimum absolute atomic E-state index is 0.460. The molecule has 8 nitrogen and oxygen atoms in total. The molecular formula is C18H19ClN8. The molecule has 0 aromatic carbocycles. The quantitative estimate of drug-likeness (QED) is 0.582. The molecule has 0 spiro atoms. The second-order valence-electron chi connectivity index (χ2n) is 7.42. The number of hydrogen-bond acceptors (Lipinski definition) is 6. The molecule has 0 bridgehead atoms. The highest BCUT2D eigenvalue weighted by atomic mass is 35.5. The SMILES string of the molecule is CN(C)C1CC(N)(c2ncc3c(-c4cnc5ncc(Cl)n5c4)ccn3n2)C1. The van der Waals surface area contributed by atoms with Gasteiger partial charge in [-0.05, 0) is 33.0 Å². The lowest BCUT2D eigenvalue weighted by Gasteiger charge is -2.46. The third-order valence-electron chi connectivity index (χ3n) is 5.42. The summed E-state index contributed by atoms with van der Waals surface area (Å²) < 4.78 is 3.58. The van der Waals surface area contributed by atoms with Gasteiger partial charge in [-0.2, -0.15) is 5.10 Å². The number of rotatable bonds is 3. The predicted octanol–water partition coefficient (Wildman–Crippen LogP) is 1.97. The number of fused-ring (bicyclic) bond motifs is 2. The van der Waals surface area contributed by atoms with Crippen LogP contribution in [0, 0.1) is 0 Å². The number of aromatic nitrogens is 6. The molecule has 0 saturated heterocycles. The molecule has 0 atom stereocenters. The van der Waals surface area contributed by atoms with Crippen LogP contribution in [-0.2, 0) is 5.54 Å². The summed E-state index contributed by atoms with van der Waals surface area (Å²) in [5.74, 6) is 1.25. The van der Waals surface area contributed by atoms with Crippen LogP contribution in [0.15, 0.2) is 37.1 Å². The van der Waals surface area contributed by atoms with Gasteiger partial charge in [0.05, 0.1) is 23.4 Å². The minimum atomic E-state index is -0.460. The van der Waals surface area contributed by atoms with Crippen LogP contribution in [0.25, 0.3) is 22.4 Å². The van der Waals surface area contributed by atoms with E-state index in [-0.39, 0.29) is 0 Å². The zero-order valence-corrected chi connectivity index (χ0v) is 15.8. The Bertz CT molecular complexity index is 1150. The highest BCUT2D eigenvalue weighted by molar-refractivity contribution is 6.29. The van der Waals surface area contributed by atoms with Crippen molar-refractivity contribution in [1.82, 2.24) is 33.9 Å². The van der Waals surface area contributed by atoms with Gasteiger partial charge in [0.2, 0.25) is 5.78 Å². The maximum atomic E-state index is 6.53. The third-order valence-corrected chi connectivity index (χ3v) is 5.70. The molecule has 1 aliphatic carbocycles. The molecule has 0 aliphatic heterocycles.